The van der Waals surface area contributed by atoms with Gasteiger partial charge in [-0.2, -0.15) is 0 Å². The summed E-state index contributed by atoms with van der Waals surface area (Å²) in [6.07, 6.45) is 3.25. The van der Waals surface area contributed by atoms with Gasteiger partial charge < -0.3 is 15.2 Å². The predicted molar refractivity (Wildman–Crippen MR) is 61.8 cm³/mol. The normalized spacial score (nSPS) is 31.4. The van der Waals surface area contributed by atoms with E-state index in [1.165, 1.54) is 6.42 Å². The molecule has 1 aliphatic carbocycles. The molecular weight excluding hydrogens is 190 g/mol. The van der Waals surface area contributed by atoms with Crippen molar-refractivity contribution in [3.05, 3.63) is 0 Å². The maximum absolute atomic E-state index is 6.09. The molecule has 15 heavy (non-hydrogen) atoms. The van der Waals surface area contributed by atoms with Crippen LogP contribution < -0.4 is 5.73 Å². The zero-order valence-corrected chi connectivity index (χ0v) is 10.5. The van der Waals surface area contributed by atoms with Crippen LogP contribution in [-0.4, -0.2) is 31.5 Å². The topological polar surface area (TPSA) is 44.5 Å². The smallest absolute Gasteiger partial charge is 0.0648 e. The summed E-state index contributed by atoms with van der Waals surface area (Å²) >= 11 is 0. The van der Waals surface area contributed by atoms with Crippen LogP contribution in [0.15, 0.2) is 0 Å². The fraction of sp³-hybridized carbons (Fsp3) is 1.00. The van der Waals surface area contributed by atoms with Crippen LogP contribution in [0.4, 0.5) is 0 Å². The highest BCUT2D eigenvalue weighted by Crippen LogP contribution is 2.36. The SMILES string of the molecule is COCCC(C)(C)OCC1CCC1(C)N. The van der Waals surface area contributed by atoms with Gasteiger partial charge in [-0.25, -0.2) is 0 Å². The Balaban J connectivity index is 2.23. The van der Waals surface area contributed by atoms with Crippen molar-refractivity contribution in [2.75, 3.05) is 20.3 Å². The first kappa shape index (κ1) is 12.9. The zero-order valence-electron chi connectivity index (χ0n) is 10.5. The Morgan fingerprint density at radius 3 is 2.53 bits per heavy atom. The molecule has 3 heteroatoms. The van der Waals surface area contributed by atoms with Crippen LogP contribution in [0.25, 0.3) is 0 Å². The molecule has 3 nitrogen and oxygen atoms in total. The molecule has 1 aliphatic rings. The minimum Gasteiger partial charge on any atom is -0.385 e. The van der Waals surface area contributed by atoms with Crippen molar-refractivity contribution in [3.8, 4) is 0 Å². The molecule has 0 aliphatic heterocycles. The fourth-order valence-corrected chi connectivity index (χ4v) is 1.82. The summed E-state index contributed by atoms with van der Waals surface area (Å²) in [4.78, 5) is 0. The molecule has 1 fully saturated rings. The van der Waals surface area contributed by atoms with E-state index in [1.807, 2.05) is 0 Å². The lowest BCUT2D eigenvalue weighted by Gasteiger charge is -2.45. The van der Waals surface area contributed by atoms with E-state index in [0.717, 1.165) is 26.1 Å². The van der Waals surface area contributed by atoms with Gasteiger partial charge in [-0.15, -0.1) is 0 Å². The maximum atomic E-state index is 6.09. The van der Waals surface area contributed by atoms with Crippen LogP contribution in [0.5, 0.6) is 0 Å². The second-order valence-electron chi connectivity index (χ2n) is 5.55. The molecule has 0 aromatic rings. The molecule has 0 bridgehead atoms. The predicted octanol–water partition coefficient (Wildman–Crippen LogP) is 1.95. The second kappa shape index (κ2) is 4.81. The minimum atomic E-state index is -0.0956. The van der Waals surface area contributed by atoms with Crippen LogP contribution in [0.2, 0.25) is 0 Å². The first-order valence-electron chi connectivity index (χ1n) is 5.79. The summed E-state index contributed by atoms with van der Waals surface area (Å²) in [6.45, 7) is 7.87. The average Bonchev–Trinajstić information content (AvgIpc) is 2.13. The van der Waals surface area contributed by atoms with E-state index in [4.69, 9.17) is 15.2 Å². The summed E-state index contributed by atoms with van der Waals surface area (Å²) in [5, 5.41) is 0. The first-order valence-corrected chi connectivity index (χ1v) is 5.79. The summed E-state index contributed by atoms with van der Waals surface area (Å²) in [7, 11) is 1.72. The van der Waals surface area contributed by atoms with Crippen molar-refractivity contribution in [3.63, 3.8) is 0 Å². The summed E-state index contributed by atoms with van der Waals surface area (Å²) in [6, 6.07) is 0. The lowest BCUT2D eigenvalue weighted by Crippen LogP contribution is -2.54. The molecule has 0 aromatic carbocycles. The first-order chi connectivity index (χ1) is 6.87. The molecule has 0 spiro atoms. The Kier molecular flexibility index (Phi) is 4.15. The number of nitrogens with two attached hydrogens (primary N) is 1. The quantitative estimate of drug-likeness (QED) is 0.736. The summed E-state index contributed by atoms with van der Waals surface area (Å²) < 4.78 is 11.0. The van der Waals surface area contributed by atoms with Crippen molar-refractivity contribution < 1.29 is 9.47 Å². The highest BCUT2D eigenvalue weighted by molar-refractivity contribution is 4.96. The van der Waals surface area contributed by atoms with Crippen molar-refractivity contribution in [1.82, 2.24) is 0 Å². The molecule has 0 heterocycles. The fourth-order valence-electron chi connectivity index (χ4n) is 1.82. The van der Waals surface area contributed by atoms with E-state index >= 15 is 0 Å². The molecule has 1 rings (SSSR count). The van der Waals surface area contributed by atoms with Gasteiger partial charge in [-0.1, -0.05) is 0 Å². The van der Waals surface area contributed by atoms with Gasteiger partial charge in [0, 0.05) is 25.2 Å². The standard InChI is InChI=1S/C12H25NO2/c1-11(2,7-8-14-4)15-9-10-5-6-12(10,3)13/h10H,5-9,13H2,1-4H3. The van der Waals surface area contributed by atoms with Crippen molar-refractivity contribution >= 4 is 0 Å². The van der Waals surface area contributed by atoms with Gasteiger partial charge in [0.05, 0.1) is 12.2 Å². The van der Waals surface area contributed by atoms with E-state index < -0.39 is 0 Å². The monoisotopic (exact) mass is 215 g/mol. The van der Waals surface area contributed by atoms with Gasteiger partial charge in [-0.05, 0) is 40.0 Å². The molecule has 0 radical (unpaired) electrons. The largest absolute Gasteiger partial charge is 0.385 e. The third kappa shape index (κ3) is 3.74. The van der Waals surface area contributed by atoms with Gasteiger partial charge in [-0.3, -0.25) is 0 Å². The second-order valence-corrected chi connectivity index (χ2v) is 5.55. The molecule has 90 valence electrons. The molecule has 2 N–H and O–H groups in total. The lowest BCUT2D eigenvalue weighted by atomic mass is 9.69. The van der Waals surface area contributed by atoms with E-state index in [2.05, 4.69) is 20.8 Å². The summed E-state index contributed by atoms with van der Waals surface area (Å²) in [5.74, 6) is 0.527. The van der Waals surface area contributed by atoms with Crippen molar-refractivity contribution in [1.29, 1.82) is 0 Å². The average molecular weight is 215 g/mol. The van der Waals surface area contributed by atoms with E-state index in [-0.39, 0.29) is 11.1 Å². The van der Waals surface area contributed by atoms with Crippen molar-refractivity contribution in [2.45, 2.75) is 51.2 Å². The number of methoxy groups -OCH3 is 1. The molecule has 2 unspecified atom stereocenters. The Hall–Kier alpha value is -0.120. The Bertz CT molecular complexity index is 202. The van der Waals surface area contributed by atoms with Crippen LogP contribution >= 0.6 is 0 Å². The molecule has 2 atom stereocenters. The highest BCUT2D eigenvalue weighted by Gasteiger charge is 2.39. The number of ether oxygens (including phenoxy) is 2. The minimum absolute atomic E-state index is 0.00264. The third-order valence-corrected chi connectivity index (χ3v) is 3.55. The van der Waals surface area contributed by atoms with Gasteiger partial charge >= 0.3 is 0 Å². The molecular formula is C12H25NO2. The van der Waals surface area contributed by atoms with Crippen LogP contribution in [-0.2, 0) is 9.47 Å². The summed E-state index contributed by atoms with van der Waals surface area (Å²) in [5.41, 5.74) is 5.99. The Morgan fingerprint density at radius 1 is 1.47 bits per heavy atom. The van der Waals surface area contributed by atoms with Crippen molar-refractivity contribution in [2.24, 2.45) is 11.7 Å². The van der Waals surface area contributed by atoms with Gasteiger partial charge in [0.2, 0.25) is 0 Å². The van der Waals surface area contributed by atoms with E-state index in [0.29, 0.717) is 5.92 Å². The number of hydrogen-bond donors (Lipinski definition) is 1. The highest BCUT2D eigenvalue weighted by atomic mass is 16.5. The Labute approximate surface area is 93.3 Å². The maximum Gasteiger partial charge on any atom is 0.0648 e. The molecule has 0 saturated heterocycles. The third-order valence-electron chi connectivity index (χ3n) is 3.55. The van der Waals surface area contributed by atoms with Gasteiger partial charge in [0.25, 0.3) is 0 Å². The van der Waals surface area contributed by atoms with Crippen LogP contribution in [0, 0.1) is 5.92 Å². The number of hydrogen-bond acceptors (Lipinski definition) is 3. The lowest BCUT2D eigenvalue weighted by molar-refractivity contribution is -0.0776. The zero-order chi connectivity index (χ0) is 11.5. The number of rotatable bonds is 6. The van der Waals surface area contributed by atoms with Crippen LogP contribution in [0.1, 0.15) is 40.0 Å². The Morgan fingerprint density at radius 2 is 2.13 bits per heavy atom. The molecule has 0 amide bonds. The molecule has 0 aromatic heterocycles. The van der Waals surface area contributed by atoms with E-state index in [1.54, 1.807) is 7.11 Å². The van der Waals surface area contributed by atoms with E-state index in [9.17, 15) is 0 Å². The van der Waals surface area contributed by atoms with Gasteiger partial charge in [0.1, 0.15) is 0 Å². The van der Waals surface area contributed by atoms with Gasteiger partial charge in [0.15, 0.2) is 0 Å². The van der Waals surface area contributed by atoms with Crippen LogP contribution in [0.3, 0.4) is 0 Å². The molecule has 1 saturated carbocycles.